The molecule has 3 amide bonds. The second-order valence-corrected chi connectivity index (χ2v) is 6.30. The Balaban J connectivity index is 1.74. The topological polar surface area (TPSA) is 82.4 Å². The van der Waals surface area contributed by atoms with E-state index in [4.69, 9.17) is 10.00 Å². The van der Waals surface area contributed by atoms with Crippen LogP contribution in [-0.4, -0.2) is 30.5 Å². The maximum absolute atomic E-state index is 12.9. The van der Waals surface area contributed by atoms with Gasteiger partial charge in [-0.25, -0.2) is 4.79 Å². The average molecular weight is 349 g/mol. The van der Waals surface area contributed by atoms with Gasteiger partial charge in [0.1, 0.15) is 11.3 Å². The molecule has 26 heavy (non-hydrogen) atoms. The van der Waals surface area contributed by atoms with Crippen LogP contribution in [0.2, 0.25) is 0 Å². The number of nitrogens with zero attached hydrogens (tertiary/aromatic N) is 2. The Morgan fingerprint density at radius 1 is 1.12 bits per heavy atom. The number of methoxy groups -OCH3 is 1. The molecule has 2 aromatic carbocycles. The van der Waals surface area contributed by atoms with Crippen molar-refractivity contribution in [3.8, 4) is 11.8 Å². The number of ether oxygens (including phenoxy) is 1. The first-order chi connectivity index (χ1) is 12.5. The first-order valence-corrected chi connectivity index (χ1v) is 8.25. The number of nitriles is 1. The Morgan fingerprint density at radius 2 is 1.77 bits per heavy atom. The van der Waals surface area contributed by atoms with Gasteiger partial charge >= 0.3 is 6.03 Å². The number of benzene rings is 2. The van der Waals surface area contributed by atoms with Crippen molar-refractivity contribution < 1.29 is 14.3 Å². The van der Waals surface area contributed by atoms with Crippen LogP contribution in [0.25, 0.3) is 0 Å². The van der Waals surface area contributed by atoms with Crippen molar-refractivity contribution in [1.29, 1.82) is 5.26 Å². The van der Waals surface area contributed by atoms with Crippen LogP contribution in [0.5, 0.6) is 5.75 Å². The summed E-state index contributed by atoms with van der Waals surface area (Å²) >= 11 is 0. The number of hydrogen-bond acceptors (Lipinski definition) is 4. The number of amides is 3. The predicted octanol–water partition coefficient (Wildman–Crippen LogP) is 2.58. The summed E-state index contributed by atoms with van der Waals surface area (Å²) < 4.78 is 5.13. The summed E-state index contributed by atoms with van der Waals surface area (Å²) in [6, 6.07) is 15.8. The highest BCUT2D eigenvalue weighted by molar-refractivity contribution is 6.07. The Bertz CT molecular complexity index is 869. The zero-order valence-corrected chi connectivity index (χ0v) is 14.7. The lowest BCUT2D eigenvalue weighted by Crippen LogP contribution is -2.41. The third-order valence-corrected chi connectivity index (χ3v) is 4.65. The molecule has 0 aliphatic carbocycles. The molecule has 132 valence electrons. The molecule has 2 aromatic rings. The summed E-state index contributed by atoms with van der Waals surface area (Å²) in [7, 11) is 1.60. The highest BCUT2D eigenvalue weighted by Crippen LogP contribution is 2.29. The lowest BCUT2D eigenvalue weighted by atomic mass is 9.91. The first-order valence-electron chi connectivity index (χ1n) is 8.25. The molecule has 1 saturated heterocycles. The standard InChI is InChI=1S/C20H19N3O3/c1-20(16-7-3-15(13-21)4-8-16)18(24)23(19(25)22-20)12-11-14-5-9-17(26-2)10-6-14/h3-10H,11-12H2,1-2H3,(H,22,25). The van der Waals surface area contributed by atoms with Crippen LogP contribution in [-0.2, 0) is 16.8 Å². The van der Waals surface area contributed by atoms with Crippen molar-refractivity contribution in [2.75, 3.05) is 13.7 Å². The van der Waals surface area contributed by atoms with Crippen LogP contribution in [0.4, 0.5) is 4.79 Å². The molecule has 1 aliphatic rings. The fourth-order valence-electron chi connectivity index (χ4n) is 3.01. The van der Waals surface area contributed by atoms with E-state index in [2.05, 4.69) is 5.32 Å². The lowest BCUT2D eigenvalue weighted by molar-refractivity contribution is -0.131. The van der Waals surface area contributed by atoms with Gasteiger partial charge in [-0.1, -0.05) is 24.3 Å². The second-order valence-electron chi connectivity index (χ2n) is 6.30. The number of urea groups is 1. The van der Waals surface area contributed by atoms with Gasteiger partial charge in [-0.15, -0.1) is 0 Å². The van der Waals surface area contributed by atoms with E-state index < -0.39 is 11.6 Å². The molecule has 1 N–H and O–H groups in total. The first kappa shape index (κ1) is 17.5. The van der Waals surface area contributed by atoms with Crippen LogP contribution in [0.15, 0.2) is 48.5 Å². The predicted molar refractivity (Wildman–Crippen MR) is 95.5 cm³/mol. The molecule has 1 unspecified atom stereocenters. The number of nitrogens with one attached hydrogen (secondary N) is 1. The van der Waals surface area contributed by atoms with Gasteiger partial charge in [-0.3, -0.25) is 9.69 Å². The van der Waals surface area contributed by atoms with Gasteiger partial charge in [-0.05, 0) is 48.7 Å². The van der Waals surface area contributed by atoms with E-state index in [0.29, 0.717) is 24.1 Å². The fraction of sp³-hybridized carbons (Fsp3) is 0.250. The molecule has 0 spiro atoms. The number of carbonyl (C=O) groups is 2. The smallest absolute Gasteiger partial charge is 0.325 e. The highest BCUT2D eigenvalue weighted by Gasteiger charge is 2.48. The third-order valence-electron chi connectivity index (χ3n) is 4.65. The molecule has 0 radical (unpaired) electrons. The Morgan fingerprint density at radius 3 is 2.35 bits per heavy atom. The quantitative estimate of drug-likeness (QED) is 0.841. The zero-order valence-electron chi connectivity index (χ0n) is 14.7. The van der Waals surface area contributed by atoms with Crippen molar-refractivity contribution in [3.05, 3.63) is 65.2 Å². The fourth-order valence-corrected chi connectivity index (χ4v) is 3.01. The zero-order chi connectivity index (χ0) is 18.7. The van der Waals surface area contributed by atoms with E-state index in [1.807, 2.05) is 30.3 Å². The molecule has 1 aliphatic heterocycles. The summed E-state index contributed by atoms with van der Waals surface area (Å²) in [5, 5.41) is 11.7. The largest absolute Gasteiger partial charge is 0.497 e. The minimum Gasteiger partial charge on any atom is -0.497 e. The van der Waals surface area contributed by atoms with E-state index in [0.717, 1.165) is 11.3 Å². The Hall–Kier alpha value is -3.33. The van der Waals surface area contributed by atoms with Gasteiger partial charge < -0.3 is 10.1 Å². The van der Waals surface area contributed by atoms with E-state index in [9.17, 15) is 9.59 Å². The summed E-state index contributed by atoms with van der Waals surface area (Å²) in [4.78, 5) is 26.5. The van der Waals surface area contributed by atoms with Crippen molar-refractivity contribution in [3.63, 3.8) is 0 Å². The van der Waals surface area contributed by atoms with Gasteiger partial charge in [-0.2, -0.15) is 5.26 Å². The van der Waals surface area contributed by atoms with Crippen LogP contribution in [0, 0.1) is 11.3 Å². The van der Waals surface area contributed by atoms with E-state index >= 15 is 0 Å². The molecule has 1 fully saturated rings. The minimum absolute atomic E-state index is 0.291. The van der Waals surface area contributed by atoms with Crippen LogP contribution in [0.3, 0.4) is 0 Å². The van der Waals surface area contributed by atoms with E-state index in [1.165, 1.54) is 4.90 Å². The van der Waals surface area contributed by atoms with E-state index in [1.54, 1.807) is 38.3 Å². The Labute approximate surface area is 152 Å². The SMILES string of the molecule is COc1ccc(CCN2C(=O)NC(C)(c3ccc(C#N)cc3)C2=O)cc1. The lowest BCUT2D eigenvalue weighted by Gasteiger charge is -2.22. The third kappa shape index (κ3) is 3.11. The second kappa shape index (κ2) is 6.89. The van der Waals surface area contributed by atoms with Crippen molar-refractivity contribution in [2.24, 2.45) is 0 Å². The van der Waals surface area contributed by atoms with Gasteiger partial charge in [0.15, 0.2) is 0 Å². The average Bonchev–Trinajstić information content (AvgIpc) is 2.90. The molecule has 6 nitrogen and oxygen atoms in total. The highest BCUT2D eigenvalue weighted by atomic mass is 16.5. The molecule has 0 bridgehead atoms. The van der Waals surface area contributed by atoms with Gasteiger partial charge in [0.25, 0.3) is 5.91 Å². The molecule has 1 atom stereocenters. The molecular weight excluding hydrogens is 330 g/mol. The summed E-state index contributed by atoms with van der Waals surface area (Å²) in [5.74, 6) is 0.470. The summed E-state index contributed by atoms with van der Waals surface area (Å²) in [6.45, 7) is 1.98. The van der Waals surface area contributed by atoms with Crippen molar-refractivity contribution in [2.45, 2.75) is 18.9 Å². The monoisotopic (exact) mass is 349 g/mol. The van der Waals surface area contributed by atoms with Crippen molar-refractivity contribution >= 4 is 11.9 Å². The maximum Gasteiger partial charge on any atom is 0.325 e. The molecule has 1 heterocycles. The summed E-state index contributed by atoms with van der Waals surface area (Å²) in [6.07, 6.45) is 0.562. The molecule has 3 rings (SSSR count). The van der Waals surface area contributed by atoms with Gasteiger partial charge in [0.2, 0.25) is 0 Å². The number of carbonyl (C=O) groups excluding carboxylic acids is 2. The van der Waals surface area contributed by atoms with E-state index in [-0.39, 0.29) is 5.91 Å². The molecular formula is C20H19N3O3. The van der Waals surface area contributed by atoms with Gasteiger partial charge in [0.05, 0.1) is 18.7 Å². The molecule has 6 heteroatoms. The number of imide groups is 1. The van der Waals surface area contributed by atoms with Crippen LogP contribution >= 0.6 is 0 Å². The molecule has 0 aromatic heterocycles. The Kier molecular flexibility index (Phi) is 4.63. The number of hydrogen-bond donors (Lipinski definition) is 1. The van der Waals surface area contributed by atoms with Crippen molar-refractivity contribution in [1.82, 2.24) is 10.2 Å². The van der Waals surface area contributed by atoms with Gasteiger partial charge in [0, 0.05) is 6.54 Å². The maximum atomic E-state index is 12.9. The van der Waals surface area contributed by atoms with Crippen LogP contribution in [0.1, 0.15) is 23.6 Å². The molecule has 0 saturated carbocycles. The number of rotatable bonds is 5. The summed E-state index contributed by atoms with van der Waals surface area (Å²) in [5.41, 5.74) is 1.05. The van der Waals surface area contributed by atoms with Crippen LogP contribution < -0.4 is 10.1 Å². The minimum atomic E-state index is -1.12. The normalized spacial score (nSPS) is 19.2.